The van der Waals surface area contributed by atoms with Crippen molar-refractivity contribution in [3.05, 3.63) is 35.8 Å². The fourth-order valence-corrected chi connectivity index (χ4v) is 3.10. The van der Waals surface area contributed by atoms with Gasteiger partial charge >= 0.3 is 0 Å². The molecule has 0 unspecified atom stereocenters. The molecule has 0 aromatic carbocycles. The van der Waals surface area contributed by atoms with E-state index in [4.69, 9.17) is 4.74 Å². The van der Waals surface area contributed by atoms with Crippen LogP contribution in [0.3, 0.4) is 0 Å². The molecule has 5 nitrogen and oxygen atoms in total. The molecule has 1 saturated heterocycles. The molecule has 1 aromatic rings. The highest BCUT2D eigenvalue weighted by molar-refractivity contribution is 5.76. The van der Waals surface area contributed by atoms with Gasteiger partial charge in [0.2, 0.25) is 0 Å². The normalized spacial score (nSPS) is 19.5. The Balaban J connectivity index is 1.62. The molecule has 0 aliphatic carbocycles. The van der Waals surface area contributed by atoms with Gasteiger partial charge in [-0.1, -0.05) is 0 Å². The monoisotopic (exact) mass is 329 g/mol. The molecule has 1 fully saturated rings. The van der Waals surface area contributed by atoms with Gasteiger partial charge < -0.3 is 14.7 Å². The molecule has 0 atom stereocenters. The molecule has 0 radical (unpaired) electrons. The van der Waals surface area contributed by atoms with E-state index in [1.54, 1.807) is 20.0 Å². The van der Waals surface area contributed by atoms with Crippen LogP contribution in [0.4, 0.5) is 0 Å². The molecule has 3 rings (SSSR count). The van der Waals surface area contributed by atoms with Gasteiger partial charge in [0, 0.05) is 43.9 Å². The van der Waals surface area contributed by atoms with Gasteiger partial charge in [0.15, 0.2) is 0 Å². The molecule has 0 saturated carbocycles. The summed E-state index contributed by atoms with van der Waals surface area (Å²) in [5, 5.41) is 10.0. The zero-order valence-electron chi connectivity index (χ0n) is 14.6. The molecule has 0 spiro atoms. The number of rotatable bonds is 5. The van der Waals surface area contributed by atoms with Gasteiger partial charge in [0.1, 0.15) is 5.60 Å². The molecular weight excluding hydrogens is 302 g/mol. The number of nitrogens with zero attached hydrogens (tertiary/aromatic N) is 3. The van der Waals surface area contributed by atoms with Crippen LogP contribution in [0.5, 0.6) is 0 Å². The van der Waals surface area contributed by atoms with E-state index in [0.29, 0.717) is 5.69 Å². The van der Waals surface area contributed by atoms with Gasteiger partial charge in [0.25, 0.3) is 0 Å². The molecular formula is C19H27N3O2. The second-order valence-corrected chi connectivity index (χ2v) is 7.16. The topological polar surface area (TPSA) is 58.0 Å². The predicted molar refractivity (Wildman–Crippen MR) is 95.7 cm³/mol. The van der Waals surface area contributed by atoms with Crippen molar-refractivity contribution >= 4 is 11.9 Å². The fourth-order valence-electron chi connectivity index (χ4n) is 3.10. The largest absolute Gasteiger partial charge is 0.384 e. The zero-order chi connectivity index (χ0) is 17.0. The Morgan fingerprint density at radius 2 is 2.08 bits per heavy atom. The molecule has 1 N–H and O–H groups in total. The number of pyridine rings is 1. The Kier molecular flexibility index (Phi) is 5.31. The quantitative estimate of drug-likeness (QED) is 0.902. The van der Waals surface area contributed by atoms with Crippen LogP contribution >= 0.6 is 0 Å². The highest BCUT2D eigenvalue weighted by Gasteiger charge is 2.18. The van der Waals surface area contributed by atoms with Crippen molar-refractivity contribution in [3.8, 4) is 0 Å². The molecule has 0 amide bonds. The van der Waals surface area contributed by atoms with E-state index in [9.17, 15) is 5.11 Å². The van der Waals surface area contributed by atoms with Crippen LogP contribution in [0.15, 0.2) is 29.5 Å². The first-order valence-corrected chi connectivity index (χ1v) is 8.78. The summed E-state index contributed by atoms with van der Waals surface area (Å²) in [5.74, 6) is 0.780. The number of hydrogen-bond donors (Lipinski definition) is 1. The Morgan fingerprint density at radius 1 is 1.29 bits per heavy atom. The van der Waals surface area contributed by atoms with E-state index in [-0.39, 0.29) is 0 Å². The van der Waals surface area contributed by atoms with Crippen LogP contribution in [-0.4, -0.2) is 47.5 Å². The maximum Gasteiger partial charge on any atom is 0.101 e. The first kappa shape index (κ1) is 17.1. The van der Waals surface area contributed by atoms with Crippen LogP contribution in [-0.2, 0) is 10.3 Å². The maximum atomic E-state index is 10.0. The van der Waals surface area contributed by atoms with Crippen LogP contribution in [0.1, 0.15) is 44.4 Å². The summed E-state index contributed by atoms with van der Waals surface area (Å²) in [6.07, 6.45) is 9.44. The summed E-state index contributed by atoms with van der Waals surface area (Å²) in [6, 6.07) is 3.85. The Bertz CT molecular complexity index is 596. The van der Waals surface area contributed by atoms with Crippen molar-refractivity contribution < 1.29 is 9.84 Å². The van der Waals surface area contributed by atoms with Crippen molar-refractivity contribution in [2.45, 2.75) is 38.7 Å². The lowest BCUT2D eigenvalue weighted by atomic mass is 9.96. The lowest BCUT2D eigenvalue weighted by Gasteiger charge is -2.27. The van der Waals surface area contributed by atoms with Gasteiger partial charge in [-0.3, -0.25) is 9.98 Å². The molecule has 1 aromatic heterocycles. The summed E-state index contributed by atoms with van der Waals surface area (Å²) in [7, 11) is 0. The molecule has 2 aliphatic heterocycles. The van der Waals surface area contributed by atoms with Crippen LogP contribution in [0.2, 0.25) is 0 Å². The first-order valence-electron chi connectivity index (χ1n) is 8.78. The third-order valence-electron chi connectivity index (χ3n) is 4.70. The summed E-state index contributed by atoms with van der Waals surface area (Å²) in [4.78, 5) is 11.2. The highest BCUT2D eigenvalue weighted by atomic mass is 16.5. The molecule has 0 bridgehead atoms. The van der Waals surface area contributed by atoms with Crippen LogP contribution in [0.25, 0.3) is 5.70 Å². The number of hydrogen-bond acceptors (Lipinski definition) is 5. The Morgan fingerprint density at radius 3 is 2.75 bits per heavy atom. The van der Waals surface area contributed by atoms with Crippen molar-refractivity contribution in [1.29, 1.82) is 0 Å². The van der Waals surface area contributed by atoms with Crippen molar-refractivity contribution in [1.82, 2.24) is 9.88 Å². The SMILES string of the molecule is CC(C)(O)c1ccc(C2=CN(CCC3CCOCC3)CC=N2)cn1. The lowest BCUT2D eigenvalue weighted by Crippen LogP contribution is -2.27. The number of aliphatic imine (C=N–C) groups is 1. The van der Waals surface area contributed by atoms with Gasteiger partial charge in [-0.15, -0.1) is 0 Å². The second kappa shape index (κ2) is 7.45. The molecule has 3 heterocycles. The first-order chi connectivity index (χ1) is 11.5. The van der Waals surface area contributed by atoms with E-state index < -0.39 is 5.60 Å². The Hall–Kier alpha value is -1.72. The van der Waals surface area contributed by atoms with Crippen LogP contribution in [0, 0.1) is 5.92 Å². The number of aromatic nitrogens is 1. The third kappa shape index (κ3) is 4.42. The minimum Gasteiger partial charge on any atom is -0.384 e. The average Bonchev–Trinajstić information content (AvgIpc) is 2.60. The summed E-state index contributed by atoms with van der Waals surface area (Å²) < 4.78 is 5.43. The number of aliphatic hydroxyl groups is 1. The smallest absolute Gasteiger partial charge is 0.101 e. The summed E-state index contributed by atoms with van der Waals surface area (Å²) in [5.41, 5.74) is 1.67. The van der Waals surface area contributed by atoms with Crippen molar-refractivity contribution in [3.63, 3.8) is 0 Å². The highest BCUT2D eigenvalue weighted by Crippen LogP contribution is 2.23. The molecule has 24 heavy (non-hydrogen) atoms. The van der Waals surface area contributed by atoms with E-state index in [0.717, 1.165) is 43.5 Å². The molecule has 130 valence electrons. The van der Waals surface area contributed by atoms with Gasteiger partial charge in [-0.25, -0.2) is 0 Å². The average molecular weight is 329 g/mol. The fraction of sp³-hybridized carbons (Fsp3) is 0.579. The second-order valence-electron chi connectivity index (χ2n) is 7.16. The predicted octanol–water partition coefficient (Wildman–Crippen LogP) is 2.81. The molecule has 5 heteroatoms. The standard InChI is InChI=1S/C19H27N3O2/c1-19(2,23)18-4-3-16(13-21-18)17-14-22(10-8-20-17)9-5-15-6-11-24-12-7-15/h3-4,8,13-15,23H,5-7,9-12H2,1-2H3. The van der Waals surface area contributed by atoms with Crippen molar-refractivity contribution in [2.24, 2.45) is 10.9 Å². The van der Waals surface area contributed by atoms with Gasteiger partial charge in [0.05, 0.1) is 17.9 Å². The summed E-state index contributed by atoms with van der Waals surface area (Å²) in [6.45, 7) is 7.21. The van der Waals surface area contributed by atoms with Crippen LogP contribution < -0.4 is 0 Å². The van der Waals surface area contributed by atoms with E-state index in [1.807, 2.05) is 18.3 Å². The third-order valence-corrected chi connectivity index (χ3v) is 4.70. The van der Waals surface area contributed by atoms with Crippen molar-refractivity contribution in [2.75, 3.05) is 26.3 Å². The number of ether oxygens (including phenoxy) is 1. The summed E-state index contributed by atoms with van der Waals surface area (Å²) >= 11 is 0. The lowest BCUT2D eigenvalue weighted by molar-refractivity contribution is 0.0620. The minimum atomic E-state index is -0.918. The Labute approximate surface area is 144 Å². The van der Waals surface area contributed by atoms with Gasteiger partial charge in [-0.05, 0) is 51.2 Å². The minimum absolute atomic E-state index is 0.669. The van der Waals surface area contributed by atoms with E-state index in [1.165, 1.54) is 19.3 Å². The zero-order valence-corrected chi connectivity index (χ0v) is 14.6. The maximum absolute atomic E-state index is 10.0. The van der Waals surface area contributed by atoms with Gasteiger partial charge in [-0.2, -0.15) is 0 Å². The van der Waals surface area contributed by atoms with E-state index >= 15 is 0 Å². The van der Waals surface area contributed by atoms with E-state index in [2.05, 4.69) is 21.1 Å². The molecule has 2 aliphatic rings.